The SMILES string of the molecule is CCCCC1C(=O)N(C)CCN1C(=O)NCc1nccs1. The summed E-state index contributed by atoms with van der Waals surface area (Å²) in [5.74, 6) is 0.0408. The highest BCUT2D eigenvalue weighted by Crippen LogP contribution is 2.16. The molecule has 1 fully saturated rings. The van der Waals surface area contributed by atoms with E-state index in [0.717, 1.165) is 24.3 Å². The van der Waals surface area contributed by atoms with Gasteiger partial charge in [-0.15, -0.1) is 11.3 Å². The van der Waals surface area contributed by atoms with Crippen LogP contribution in [-0.2, 0) is 11.3 Å². The lowest BCUT2D eigenvalue weighted by atomic mass is 10.0. The number of nitrogens with zero attached hydrogens (tertiary/aromatic N) is 3. The van der Waals surface area contributed by atoms with Crippen molar-refractivity contribution in [2.45, 2.75) is 38.8 Å². The largest absolute Gasteiger partial charge is 0.342 e. The number of piperazine rings is 1. The summed E-state index contributed by atoms with van der Waals surface area (Å²) in [6.45, 7) is 3.67. The third kappa shape index (κ3) is 3.93. The highest BCUT2D eigenvalue weighted by molar-refractivity contribution is 7.09. The quantitative estimate of drug-likeness (QED) is 0.900. The van der Waals surface area contributed by atoms with Crippen LogP contribution in [0, 0.1) is 0 Å². The molecule has 0 radical (unpaired) electrons. The van der Waals surface area contributed by atoms with Crippen molar-refractivity contribution in [3.63, 3.8) is 0 Å². The van der Waals surface area contributed by atoms with E-state index in [0.29, 0.717) is 19.6 Å². The van der Waals surface area contributed by atoms with Crippen LogP contribution in [0.3, 0.4) is 0 Å². The number of hydrogen-bond acceptors (Lipinski definition) is 4. The Kier molecular flexibility index (Phi) is 5.55. The maximum atomic E-state index is 12.3. The van der Waals surface area contributed by atoms with Crippen LogP contribution in [0.2, 0.25) is 0 Å². The van der Waals surface area contributed by atoms with Crippen molar-refractivity contribution in [2.24, 2.45) is 0 Å². The van der Waals surface area contributed by atoms with Gasteiger partial charge in [-0.25, -0.2) is 9.78 Å². The van der Waals surface area contributed by atoms with Crippen LogP contribution in [0.5, 0.6) is 0 Å². The van der Waals surface area contributed by atoms with E-state index in [4.69, 9.17) is 0 Å². The van der Waals surface area contributed by atoms with Crippen LogP contribution in [-0.4, -0.2) is 52.9 Å². The van der Waals surface area contributed by atoms with Gasteiger partial charge in [0.05, 0.1) is 6.54 Å². The van der Waals surface area contributed by atoms with Crippen LogP contribution in [0.4, 0.5) is 4.79 Å². The molecule has 1 aromatic rings. The highest BCUT2D eigenvalue weighted by Gasteiger charge is 2.35. The van der Waals surface area contributed by atoms with Gasteiger partial charge in [0.2, 0.25) is 5.91 Å². The third-order valence-corrected chi connectivity index (χ3v) is 4.46. The van der Waals surface area contributed by atoms with Crippen LogP contribution < -0.4 is 5.32 Å². The minimum absolute atomic E-state index is 0.0408. The molecule has 1 aliphatic rings. The first-order chi connectivity index (χ1) is 10.1. The molecule has 0 aliphatic carbocycles. The van der Waals surface area contributed by atoms with Crippen molar-refractivity contribution < 1.29 is 9.59 Å². The number of nitrogens with one attached hydrogen (secondary N) is 1. The molecule has 7 heteroatoms. The van der Waals surface area contributed by atoms with Gasteiger partial charge in [-0.05, 0) is 6.42 Å². The Bertz CT molecular complexity index is 477. The number of thiazole rings is 1. The van der Waals surface area contributed by atoms with Crippen molar-refractivity contribution in [3.05, 3.63) is 16.6 Å². The molecule has 1 aliphatic heterocycles. The molecule has 6 nitrogen and oxygen atoms in total. The van der Waals surface area contributed by atoms with Crippen LogP contribution in [0.25, 0.3) is 0 Å². The van der Waals surface area contributed by atoms with Crippen molar-refractivity contribution in [1.82, 2.24) is 20.1 Å². The summed E-state index contributed by atoms with van der Waals surface area (Å²) in [5.41, 5.74) is 0. The summed E-state index contributed by atoms with van der Waals surface area (Å²) in [5, 5.41) is 5.61. The van der Waals surface area contributed by atoms with Gasteiger partial charge in [0.1, 0.15) is 11.0 Å². The number of aromatic nitrogens is 1. The zero-order valence-electron chi connectivity index (χ0n) is 12.5. The second-order valence-corrected chi connectivity index (χ2v) is 6.17. The van der Waals surface area contributed by atoms with Gasteiger partial charge in [0, 0.05) is 31.7 Å². The first kappa shape index (κ1) is 15.8. The topological polar surface area (TPSA) is 65.5 Å². The fourth-order valence-corrected chi connectivity index (χ4v) is 2.98. The van der Waals surface area contributed by atoms with Crippen LogP contribution in [0.15, 0.2) is 11.6 Å². The van der Waals surface area contributed by atoms with E-state index >= 15 is 0 Å². The zero-order chi connectivity index (χ0) is 15.2. The second kappa shape index (κ2) is 7.40. The normalized spacial score (nSPS) is 19.0. The minimum Gasteiger partial charge on any atom is -0.342 e. The lowest BCUT2D eigenvalue weighted by Crippen LogP contribution is -2.59. The molecule has 2 heterocycles. The molecular weight excluding hydrogens is 288 g/mol. The minimum atomic E-state index is -0.333. The summed E-state index contributed by atoms with van der Waals surface area (Å²) >= 11 is 1.51. The molecular formula is C14H22N4O2S. The van der Waals surface area contributed by atoms with E-state index in [9.17, 15) is 9.59 Å². The van der Waals surface area contributed by atoms with Gasteiger partial charge in [-0.1, -0.05) is 19.8 Å². The first-order valence-corrected chi connectivity index (χ1v) is 8.19. The zero-order valence-corrected chi connectivity index (χ0v) is 13.4. The number of hydrogen-bond donors (Lipinski definition) is 1. The Morgan fingerprint density at radius 2 is 2.33 bits per heavy atom. The molecule has 1 atom stereocenters. The van der Waals surface area contributed by atoms with E-state index in [-0.39, 0.29) is 18.0 Å². The van der Waals surface area contributed by atoms with E-state index in [2.05, 4.69) is 17.2 Å². The molecule has 116 valence electrons. The molecule has 1 N–H and O–H groups in total. The number of unbranched alkanes of at least 4 members (excludes halogenated alkanes) is 1. The van der Waals surface area contributed by atoms with Crippen LogP contribution >= 0.6 is 11.3 Å². The van der Waals surface area contributed by atoms with Crippen molar-refractivity contribution in [3.8, 4) is 0 Å². The molecule has 0 saturated carbocycles. The maximum absolute atomic E-state index is 12.3. The lowest BCUT2D eigenvalue weighted by molar-refractivity contribution is -0.138. The molecule has 0 bridgehead atoms. The molecule has 2 rings (SSSR count). The van der Waals surface area contributed by atoms with Crippen molar-refractivity contribution in [1.29, 1.82) is 0 Å². The highest BCUT2D eigenvalue weighted by atomic mass is 32.1. The van der Waals surface area contributed by atoms with E-state index in [1.807, 2.05) is 5.38 Å². The van der Waals surface area contributed by atoms with Gasteiger partial charge in [0.15, 0.2) is 0 Å². The van der Waals surface area contributed by atoms with E-state index in [1.54, 1.807) is 23.0 Å². The molecule has 0 aromatic carbocycles. The molecule has 21 heavy (non-hydrogen) atoms. The summed E-state index contributed by atoms with van der Waals surface area (Å²) in [7, 11) is 1.80. The number of carbonyl (C=O) groups excluding carboxylic acids is 2. The van der Waals surface area contributed by atoms with Crippen molar-refractivity contribution in [2.75, 3.05) is 20.1 Å². The van der Waals surface area contributed by atoms with Gasteiger partial charge in [-0.2, -0.15) is 0 Å². The summed E-state index contributed by atoms with van der Waals surface area (Å²) in [6.07, 6.45) is 4.41. The Balaban J connectivity index is 1.97. The molecule has 1 unspecified atom stereocenters. The first-order valence-electron chi connectivity index (χ1n) is 7.31. The molecule has 3 amide bonds. The number of likely N-dealkylation sites (N-methyl/N-ethyl adjacent to an activating group) is 1. The molecule has 1 saturated heterocycles. The van der Waals surface area contributed by atoms with Crippen LogP contribution in [0.1, 0.15) is 31.2 Å². The Morgan fingerprint density at radius 3 is 3.00 bits per heavy atom. The summed E-state index contributed by atoms with van der Waals surface area (Å²) in [4.78, 5) is 32.1. The van der Waals surface area contributed by atoms with E-state index in [1.165, 1.54) is 11.3 Å². The summed E-state index contributed by atoms with van der Waals surface area (Å²) < 4.78 is 0. The van der Waals surface area contributed by atoms with Gasteiger partial charge in [0.25, 0.3) is 0 Å². The summed E-state index contributed by atoms with van der Waals surface area (Å²) in [6, 6.07) is -0.507. The predicted molar refractivity (Wildman–Crippen MR) is 82.0 cm³/mol. The maximum Gasteiger partial charge on any atom is 0.318 e. The predicted octanol–water partition coefficient (Wildman–Crippen LogP) is 1.69. The average molecular weight is 310 g/mol. The fraction of sp³-hybridized carbons (Fsp3) is 0.643. The standard InChI is InChI=1S/C14H22N4O2S/c1-3-4-5-11-13(19)17(2)7-8-18(11)14(20)16-10-12-15-6-9-21-12/h6,9,11H,3-5,7-8,10H2,1-2H3,(H,16,20). The average Bonchev–Trinajstić information content (AvgIpc) is 2.99. The lowest BCUT2D eigenvalue weighted by Gasteiger charge is -2.39. The Morgan fingerprint density at radius 1 is 1.52 bits per heavy atom. The van der Waals surface area contributed by atoms with Crippen molar-refractivity contribution >= 4 is 23.3 Å². The monoisotopic (exact) mass is 310 g/mol. The van der Waals surface area contributed by atoms with Gasteiger partial charge in [-0.3, -0.25) is 4.79 Å². The Hall–Kier alpha value is -1.63. The van der Waals surface area contributed by atoms with Gasteiger partial charge < -0.3 is 15.1 Å². The van der Waals surface area contributed by atoms with Gasteiger partial charge >= 0.3 is 6.03 Å². The fourth-order valence-electron chi connectivity index (χ4n) is 2.42. The second-order valence-electron chi connectivity index (χ2n) is 5.20. The van der Waals surface area contributed by atoms with E-state index < -0.39 is 0 Å². The number of carbonyl (C=O) groups is 2. The molecule has 1 aromatic heterocycles. The number of rotatable bonds is 5. The smallest absolute Gasteiger partial charge is 0.318 e. The third-order valence-electron chi connectivity index (χ3n) is 3.68. The Labute approximate surface area is 129 Å². The molecule has 0 spiro atoms. The number of amides is 3. The number of urea groups is 1.